The van der Waals surface area contributed by atoms with Crippen LogP contribution in [0.2, 0.25) is 0 Å². The van der Waals surface area contributed by atoms with Crippen molar-refractivity contribution in [3.8, 4) is 5.75 Å². The Hall–Kier alpha value is -2.82. The lowest BCUT2D eigenvalue weighted by Gasteiger charge is -2.36. The first kappa shape index (κ1) is 25.3. The molecular formula is C25H32N4O5S. The number of carbonyl (C=O) groups excluding carboxylic acids is 2. The first-order valence-electron chi connectivity index (χ1n) is 11.8. The van der Waals surface area contributed by atoms with Crippen molar-refractivity contribution in [2.45, 2.75) is 25.8 Å². The van der Waals surface area contributed by atoms with Crippen molar-refractivity contribution in [3.63, 3.8) is 0 Å². The maximum atomic E-state index is 13.0. The lowest BCUT2D eigenvalue weighted by atomic mass is 9.92. The Morgan fingerprint density at radius 3 is 2.77 bits per heavy atom. The molecule has 188 valence electrons. The van der Waals surface area contributed by atoms with E-state index in [1.54, 1.807) is 7.11 Å². The summed E-state index contributed by atoms with van der Waals surface area (Å²) in [6, 6.07) is 7.15. The maximum absolute atomic E-state index is 13.0. The van der Waals surface area contributed by atoms with Gasteiger partial charge in [-0.05, 0) is 29.5 Å². The zero-order chi connectivity index (χ0) is 24.8. The quantitative estimate of drug-likeness (QED) is 0.518. The number of allylic oxidation sites excluding steroid dienone is 1. The van der Waals surface area contributed by atoms with E-state index >= 15 is 0 Å². The van der Waals surface area contributed by atoms with Crippen LogP contribution in [0.1, 0.15) is 31.4 Å². The third-order valence-electron chi connectivity index (χ3n) is 6.23. The fourth-order valence-corrected chi connectivity index (χ4v) is 5.38. The Bertz CT molecular complexity index is 1050. The molecule has 1 aromatic carbocycles. The number of amidine groups is 1. The van der Waals surface area contributed by atoms with Crippen molar-refractivity contribution in [1.82, 2.24) is 15.1 Å². The van der Waals surface area contributed by atoms with Crippen LogP contribution in [0.5, 0.6) is 5.75 Å². The molecule has 1 aromatic rings. The van der Waals surface area contributed by atoms with Gasteiger partial charge < -0.3 is 24.4 Å². The van der Waals surface area contributed by atoms with E-state index in [1.807, 2.05) is 41.5 Å². The summed E-state index contributed by atoms with van der Waals surface area (Å²) >= 11 is 1.47. The lowest BCUT2D eigenvalue weighted by Crippen LogP contribution is -2.42. The topological polar surface area (TPSA) is 92.7 Å². The molecule has 1 unspecified atom stereocenters. The van der Waals surface area contributed by atoms with E-state index in [2.05, 4.69) is 10.2 Å². The zero-order valence-electron chi connectivity index (χ0n) is 20.4. The second-order valence-corrected chi connectivity index (χ2v) is 9.19. The molecular weight excluding hydrogens is 468 g/mol. The average molecular weight is 501 g/mol. The number of benzene rings is 1. The van der Waals surface area contributed by atoms with Crippen molar-refractivity contribution >= 4 is 28.8 Å². The summed E-state index contributed by atoms with van der Waals surface area (Å²) < 4.78 is 16.0. The molecule has 1 saturated heterocycles. The molecule has 0 saturated carbocycles. The zero-order valence-corrected chi connectivity index (χ0v) is 21.2. The van der Waals surface area contributed by atoms with Crippen molar-refractivity contribution in [3.05, 3.63) is 52.2 Å². The molecule has 0 radical (unpaired) electrons. The minimum Gasteiger partial charge on any atom is -0.497 e. The van der Waals surface area contributed by atoms with Gasteiger partial charge in [-0.2, -0.15) is 0 Å². The number of carbonyl (C=O) groups is 2. The highest BCUT2D eigenvalue weighted by atomic mass is 32.2. The monoisotopic (exact) mass is 500 g/mol. The molecule has 0 aromatic heterocycles. The summed E-state index contributed by atoms with van der Waals surface area (Å²) in [7, 11) is 2.99. The smallest absolute Gasteiger partial charge is 0.338 e. The van der Waals surface area contributed by atoms with E-state index in [0.717, 1.165) is 49.3 Å². The van der Waals surface area contributed by atoms with E-state index in [0.29, 0.717) is 30.0 Å². The van der Waals surface area contributed by atoms with Gasteiger partial charge in [0.05, 0.1) is 51.2 Å². The number of esters is 1. The highest BCUT2D eigenvalue weighted by molar-refractivity contribution is 8.16. The number of thioether (sulfide) groups is 1. The van der Waals surface area contributed by atoms with Gasteiger partial charge in [0.2, 0.25) is 5.91 Å². The number of hydrogen-bond acceptors (Lipinski definition) is 9. The number of nitrogens with zero attached hydrogens (tertiary/aromatic N) is 3. The lowest BCUT2D eigenvalue weighted by molar-refractivity contribution is -0.136. The predicted molar refractivity (Wildman–Crippen MR) is 135 cm³/mol. The second kappa shape index (κ2) is 11.7. The van der Waals surface area contributed by atoms with E-state index in [1.165, 1.54) is 18.9 Å². The summed E-state index contributed by atoms with van der Waals surface area (Å²) in [6.07, 6.45) is 0.770. The van der Waals surface area contributed by atoms with Gasteiger partial charge in [0.15, 0.2) is 5.17 Å². The first-order valence-corrected chi connectivity index (χ1v) is 12.7. The van der Waals surface area contributed by atoms with Crippen molar-refractivity contribution in [2.75, 3.05) is 53.6 Å². The molecule has 1 atom stereocenters. The third kappa shape index (κ3) is 5.71. The van der Waals surface area contributed by atoms with Gasteiger partial charge in [0.25, 0.3) is 0 Å². The number of amides is 1. The normalized spacial score (nSPS) is 20.2. The minimum absolute atomic E-state index is 0.0689. The molecule has 3 aliphatic rings. The molecule has 1 amide bonds. The van der Waals surface area contributed by atoms with Crippen LogP contribution in [0.25, 0.3) is 0 Å². The van der Waals surface area contributed by atoms with Crippen LogP contribution in [0, 0.1) is 0 Å². The fraction of sp³-hybridized carbons (Fsp3) is 0.480. The highest BCUT2D eigenvalue weighted by Gasteiger charge is 2.41. The standard InChI is InChI=1S/C25H32N4O5S/c1-4-20-22(24(31)33-3)23(17-6-5-7-19(14-17)32-2)29-18(16-35-25(29)27-20)15-21(30)26-8-9-28-10-12-34-13-11-28/h5-7,14,16,23H,4,8-13,15H2,1-3H3,(H,26,30). The van der Waals surface area contributed by atoms with Crippen LogP contribution in [0.4, 0.5) is 0 Å². The Morgan fingerprint density at radius 2 is 2.06 bits per heavy atom. The van der Waals surface area contributed by atoms with Gasteiger partial charge in [-0.1, -0.05) is 30.8 Å². The van der Waals surface area contributed by atoms with Crippen LogP contribution < -0.4 is 10.1 Å². The predicted octanol–water partition coefficient (Wildman–Crippen LogP) is 2.67. The van der Waals surface area contributed by atoms with E-state index < -0.39 is 12.0 Å². The fourth-order valence-electron chi connectivity index (χ4n) is 4.44. The molecule has 0 bridgehead atoms. The third-order valence-corrected chi connectivity index (χ3v) is 7.12. The number of methoxy groups -OCH3 is 2. The van der Waals surface area contributed by atoms with Gasteiger partial charge in [-0.25, -0.2) is 9.79 Å². The van der Waals surface area contributed by atoms with Gasteiger partial charge in [-0.15, -0.1) is 0 Å². The highest BCUT2D eigenvalue weighted by Crippen LogP contribution is 2.45. The van der Waals surface area contributed by atoms with Gasteiger partial charge in [0.1, 0.15) is 5.75 Å². The average Bonchev–Trinajstić information content (AvgIpc) is 3.29. The van der Waals surface area contributed by atoms with Gasteiger partial charge in [-0.3, -0.25) is 9.69 Å². The summed E-state index contributed by atoms with van der Waals surface area (Å²) in [5, 5.41) is 5.72. The molecule has 0 spiro atoms. The van der Waals surface area contributed by atoms with E-state index in [4.69, 9.17) is 19.2 Å². The summed E-state index contributed by atoms with van der Waals surface area (Å²) in [5.74, 6) is 0.191. The van der Waals surface area contributed by atoms with Crippen LogP contribution in [0.15, 0.2) is 51.6 Å². The maximum Gasteiger partial charge on any atom is 0.338 e. The molecule has 1 fully saturated rings. The number of morpholine rings is 1. The number of aliphatic imine (C=N–C) groups is 1. The SMILES string of the molecule is CCC1=C(C(=O)OC)C(c2cccc(OC)c2)N2C(CC(=O)NCCN3CCOCC3)=CSC2=N1. The molecule has 9 nitrogen and oxygen atoms in total. The van der Waals surface area contributed by atoms with Gasteiger partial charge >= 0.3 is 5.97 Å². The molecule has 35 heavy (non-hydrogen) atoms. The molecule has 3 heterocycles. The summed E-state index contributed by atoms with van der Waals surface area (Å²) in [6.45, 7) is 6.57. The number of fused-ring (bicyclic) bond motifs is 1. The minimum atomic E-state index is -0.470. The van der Waals surface area contributed by atoms with E-state index in [-0.39, 0.29) is 12.3 Å². The first-order chi connectivity index (χ1) is 17.0. The Labute approximate surface area is 210 Å². The second-order valence-electron chi connectivity index (χ2n) is 8.36. The van der Waals surface area contributed by atoms with E-state index in [9.17, 15) is 9.59 Å². The molecule has 3 aliphatic heterocycles. The number of nitrogens with one attached hydrogen (secondary N) is 1. The van der Waals surface area contributed by atoms with Crippen LogP contribution >= 0.6 is 11.8 Å². The Balaban J connectivity index is 1.55. The number of rotatable bonds is 9. The van der Waals surface area contributed by atoms with Crippen molar-refractivity contribution in [1.29, 1.82) is 0 Å². The number of hydrogen-bond donors (Lipinski definition) is 1. The Kier molecular flexibility index (Phi) is 8.48. The van der Waals surface area contributed by atoms with Crippen molar-refractivity contribution in [2.24, 2.45) is 4.99 Å². The van der Waals surface area contributed by atoms with Gasteiger partial charge in [0, 0.05) is 31.9 Å². The van der Waals surface area contributed by atoms with Crippen LogP contribution in [-0.4, -0.2) is 80.5 Å². The Morgan fingerprint density at radius 1 is 1.26 bits per heavy atom. The molecule has 1 N–H and O–H groups in total. The molecule has 10 heteroatoms. The summed E-state index contributed by atoms with van der Waals surface area (Å²) in [4.78, 5) is 34.8. The summed E-state index contributed by atoms with van der Waals surface area (Å²) in [5.41, 5.74) is 2.83. The van der Waals surface area contributed by atoms with Crippen LogP contribution in [0.3, 0.4) is 0 Å². The molecule has 0 aliphatic carbocycles. The largest absolute Gasteiger partial charge is 0.497 e. The van der Waals surface area contributed by atoms with Crippen LogP contribution in [-0.2, 0) is 19.1 Å². The number of ether oxygens (including phenoxy) is 3. The van der Waals surface area contributed by atoms with Crippen molar-refractivity contribution < 1.29 is 23.8 Å². The molecule has 4 rings (SSSR count).